The van der Waals surface area contributed by atoms with Gasteiger partial charge in [0, 0.05) is 39.2 Å². The molecule has 2 rings (SSSR count). The SMILES string of the molecule is CCC(=O)N1CCC(Cc2ccc(C(=O)N(C)C)cc2)CC1. The van der Waals surface area contributed by atoms with Crippen molar-refractivity contribution in [2.24, 2.45) is 5.92 Å². The average Bonchev–Trinajstić information content (AvgIpc) is 2.54. The van der Waals surface area contributed by atoms with E-state index in [0.29, 0.717) is 12.3 Å². The fourth-order valence-electron chi connectivity index (χ4n) is 2.99. The third-order valence-corrected chi connectivity index (χ3v) is 4.40. The summed E-state index contributed by atoms with van der Waals surface area (Å²) in [4.78, 5) is 27.1. The molecule has 0 N–H and O–H groups in total. The second-order valence-corrected chi connectivity index (χ2v) is 6.28. The minimum Gasteiger partial charge on any atom is -0.345 e. The summed E-state index contributed by atoms with van der Waals surface area (Å²) in [5, 5.41) is 0. The van der Waals surface area contributed by atoms with Gasteiger partial charge in [-0.2, -0.15) is 0 Å². The van der Waals surface area contributed by atoms with Gasteiger partial charge in [-0.05, 0) is 42.9 Å². The highest BCUT2D eigenvalue weighted by molar-refractivity contribution is 5.93. The van der Waals surface area contributed by atoms with Crippen molar-refractivity contribution in [3.8, 4) is 0 Å². The molecule has 1 aromatic rings. The summed E-state index contributed by atoms with van der Waals surface area (Å²) < 4.78 is 0. The Morgan fingerprint density at radius 1 is 1.14 bits per heavy atom. The first-order valence-corrected chi connectivity index (χ1v) is 8.09. The largest absolute Gasteiger partial charge is 0.345 e. The fraction of sp³-hybridized carbons (Fsp3) is 0.556. The van der Waals surface area contributed by atoms with Crippen molar-refractivity contribution in [2.45, 2.75) is 32.6 Å². The maximum Gasteiger partial charge on any atom is 0.253 e. The molecule has 1 aliphatic rings. The number of benzene rings is 1. The number of nitrogens with zero attached hydrogens (tertiary/aromatic N) is 2. The monoisotopic (exact) mass is 302 g/mol. The van der Waals surface area contributed by atoms with Crippen LogP contribution in [0, 0.1) is 5.92 Å². The van der Waals surface area contributed by atoms with E-state index in [1.807, 2.05) is 24.0 Å². The van der Waals surface area contributed by atoms with Crippen LogP contribution in [0.1, 0.15) is 42.1 Å². The van der Waals surface area contributed by atoms with Crippen LogP contribution in [0.5, 0.6) is 0 Å². The molecule has 1 aromatic carbocycles. The summed E-state index contributed by atoms with van der Waals surface area (Å²) in [6.45, 7) is 3.69. The van der Waals surface area contributed by atoms with Gasteiger partial charge >= 0.3 is 0 Å². The van der Waals surface area contributed by atoms with Gasteiger partial charge in [0.15, 0.2) is 0 Å². The molecule has 1 aliphatic heterocycles. The zero-order valence-corrected chi connectivity index (χ0v) is 13.8. The van der Waals surface area contributed by atoms with Gasteiger partial charge in [-0.3, -0.25) is 9.59 Å². The molecule has 4 heteroatoms. The van der Waals surface area contributed by atoms with Gasteiger partial charge in [-0.25, -0.2) is 0 Å². The first kappa shape index (κ1) is 16.5. The Labute approximate surface area is 133 Å². The van der Waals surface area contributed by atoms with Crippen LogP contribution in [0.4, 0.5) is 0 Å². The van der Waals surface area contributed by atoms with Crippen LogP contribution in [-0.2, 0) is 11.2 Å². The number of rotatable bonds is 4. The van der Waals surface area contributed by atoms with Gasteiger partial charge in [0.05, 0.1) is 0 Å². The molecule has 0 aliphatic carbocycles. The number of hydrogen-bond donors (Lipinski definition) is 0. The van der Waals surface area contributed by atoms with Crippen LogP contribution in [-0.4, -0.2) is 48.8 Å². The topological polar surface area (TPSA) is 40.6 Å². The molecule has 0 atom stereocenters. The number of piperidine rings is 1. The predicted octanol–water partition coefficient (Wildman–Crippen LogP) is 2.58. The molecule has 120 valence electrons. The molecular weight excluding hydrogens is 276 g/mol. The zero-order chi connectivity index (χ0) is 16.1. The van der Waals surface area contributed by atoms with Crippen molar-refractivity contribution in [1.29, 1.82) is 0 Å². The molecule has 2 amide bonds. The zero-order valence-electron chi connectivity index (χ0n) is 13.8. The molecule has 0 aromatic heterocycles. The molecule has 1 saturated heterocycles. The second-order valence-electron chi connectivity index (χ2n) is 6.28. The van der Waals surface area contributed by atoms with E-state index in [9.17, 15) is 9.59 Å². The lowest BCUT2D eigenvalue weighted by molar-refractivity contribution is -0.132. The predicted molar refractivity (Wildman–Crippen MR) is 87.8 cm³/mol. The van der Waals surface area contributed by atoms with Crippen LogP contribution >= 0.6 is 0 Å². The van der Waals surface area contributed by atoms with Crippen molar-refractivity contribution in [2.75, 3.05) is 27.2 Å². The van der Waals surface area contributed by atoms with Crippen LogP contribution in [0.3, 0.4) is 0 Å². The molecule has 0 radical (unpaired) electrons. The summed E-state index contributed by atoms with van der Waals surface area (Å²) in [5.41, 5.74) is 2.01. The van der Waals surface area contributed by atoms with Crippen LogP contribution in [0.15, 0.2) is 24.3 Å². The Hall–Kier alpha value is -1.84. The van der Waals surface area contributed by atoms with E-state index in [0.717, 1.165) is 37.9 Å². The van der Waals surface area contributed by atoms with E-state index < -0.39 is 0 Å². The van der Waals surface area contributed by atoms with Gasteiger partial charge < -0.3 is 9.80 Å². The summed E-state index contributed by atoms with van der Waals surface area (Å²) in [6.07, 6.45) is 3.78. The lowest BCUT2D eigenvalue weighted by Crippen LogP contribution is -2.38. The number of hydrogen-bond acceptors (Lipinski definition) is 2. The third kappa shape index (κ3) is 4.09. The Morgan fingerprint density at radius 3 is 2.23 bits per heavy atom. The quantitative estimate of drug-likeness (QED) is 0.857. The normalized spacial score (nSPS) is 15.7. The lowest BCUT2D eigenvalue weighted by Gasteiger charge is -2.32. The molecule has 0 bridgehead atoms. The first-order chi connectivity index (χ1) is 10.5. The molecule has 4 nitrogen and oxygen atoms in total. The molecular formula is C18H26N2O2. The summed E-state index contributed by atoms with van der Waals surface area (Å²) in [6, 6.07) is 7.93. The van der Waals surface area contributed by atoms with E-state index in [4.69, 9.17) is 0 Å². The maximum absolute atomic E-state index is 11.9. The number of amides is 2. The van der Waals surface area contributed by atoms with Crippen molar-refractivity contribution >= 4 is 11.8 Å². The van der Waals surface area contributed by atoms with E-state index in [-0.39, 0.29) is 11.8 Å². The van der Waals surface area contributed by atoms with Crippen molar-refractivity contribution < 1.29 is 9.59 Å². The Balaban J connectivity index is 1.87. The Bertz CT molecular complexity index is 514. The highest BCUT2D eigenvalue weighted by Gasteiger charge is 2.22. The van der Waals surface area contributed by atoms with E-state index in [2.05, 4.69) is 12.1 Å². The second kappa shape index (κ2) is 7.43. The standard InChI is InChI=1S/C18H26N2O2/c1-4-17(21)20-11-9-15(10-12-20)13-14-5-7-16(8-6-14)18(22)19(2)3/h5-8,15H,4,9-13H2,1-3H3. The van der Waals surface area contributed by atoms with Gasteiger partial charge in [0.2, 0.25) is 5.91 Å². The summed E-state index contributed by atoms with van der Waals surface area (Å²) in [5.74, 6) is 0.944. The van der Waals surface area contributed by atoms with E-state index >= 15 is 0 Å². The van der Waals surface area contributed by atoms with Crippen molar-refractivity contribution in [3.05, 3.63) is 35.4 Å². The Kier molecular flexibility index (Phi) is 5.58. The molecule has 0 unspecified atom stereocenters. The molecule has 1 heterocycles. The molecule has 0 spiro atoms. The number of likely N-dealkylation sites (tertiary alicyclic amines) is 1. The van der Waals surface area contributed by atoms with E-state index in [1.54, 1.807) is 19.0 Å². The summed E-state index contributed by atoms with van der Waals surface area (Å²) >= 11 is 0. The van der Waals surface area contributed by atoms with Crippen molar-refractivity contribution in [1.82, 2.24) is 9.80 Å². The fourth-order valence-corrected chi connectivity index (χ4v) is 2.99. The van der Waals surface area contributed by atoms with Gasteiger partial charge in [0.25, 0.3) is 5.91 Å². The van der Waals surface area contributed by atoms with Crippen LogP contribution < -0.4 is 0 Å². The van der Waals surface area contributed by atoms with Crippen LogP contribution in [0.25, 0.3) is 0 Å². The Morgan fingerprint density at radius 2 is 1.73 bits per heavy atom. The molecule has 1 fully saturated rings. The third-order valence-electron chi connectivity index (χ3n) is 4.40. The van der Waals surface area contributed by atoms with E-state index in [1.165, 1.54) is 5.56 Å². The average molecular weight is 302 g/mol. The smallest absolute Gasteiger partial charge is 0.253 e. The summed E-state index contributed by atoms with van der Waals surface area (Å²) in [7, 11) is 3.53. The highest BCUT2D eigenvalue weighted by atomic mass is 16.2. The van der Waals surface area contributed by atoms with Gasteiger partial charge in [0.1, 0.15) is 0 Å². The lowest BCUT2D eigenvalue weighted by atomic mass is 9.90. The minimum absolute atomic E-state index is 0.0398. The number of carbonyl (C=O) groups excluding carboxylic acids is 2. The molecule has 22 heavy (non-hydrogen) atoms. The van der Waals surface area contributed by atoms with Crippen molar-refractivity contribution in [3.63, 3.8) is 0 Å². The van der Waals surface area contributed by atoms with Crippen LogP contribution in [0.2, 0.25) is 0 Å². The molecule has 0 saturated carbocycles. The first-order valence-electron chi connectivity index (χ1n) is 8.09. The minimum atomic E-state index is 0.0398. The highest BCUT2D eigenvalue weighted by Crippen LogP contribution is 2.22. The van der Waals surface area contributed by atoms with Gasteiger partial charge in [-0.1, -0.05) is 19.1 Å². The van der Waals surface area contributed by atoms with Gasteiger partial charge in [-0.15, -0.1) is 0 Å². The maximum atomic E-state index is 11.9. The number of carbonyl (C=O) groups is 2.